The number of hydrogen-bond acceptors (Lipinski definition) is 3. The maximum absolute atomic E-state index is 12.3. The van der Waals surface area contributed by atoms with Crippen molar-refractivity contribution in [3.05, 3.63) is 29.8 Å². The first-order valence-corrected chi connectivity index (χ1v) is 8.69. The second kappa shape index (κ2) is 8.71. The molecule has 1 aliphatic rings. The van der Waals surface area contributed by atoms with Gasteiger partial charge < -0.3 is 15.2 Å². The van der Waals surface area contributed by atoms with E-state index in [9.17, 15) is 9.59 Å². The Kier molecular flexibility index (Phi) is 6.64. The summed E-state index contributed by atoms with van der Waals surface area (Å²) >= 11 is 0. The molecule has 0 bridgehead atoms. The zero-order valence-corrected chi connectivity index (χ0v) is 14.5. The fourth-order valence-electron chi connectivity index (χ4n) is 3.37. The molecular weight excluding hydrogens is 306 g/mol. The summed E-state index contributed by atoms with van der Waals surface area (Å²) in [4.78, 5) is 23.3. The normalized spacial score (nSPS) is 21.8. The van der Waals surface area contributed by atoms with Crippen molar-refractivity contribution in [1.29, 1.82) is 0 Å². The van der Waals surface area contributed by atoms with Crippen molar-refractivity contribution in [1.82, 2.24) is 5.32 Å². The molecule has 0 aromatic heterocycles. The molecule has 5 heteroatoms. The predicted molar refractivity (Wildman–Crippen MR) is 92.2 cm³/mol. The summed E-state index contributed by atoms with van der Waals surface area (Å²) in [6, 6.07) is 7.98. The van der Waals surface area contributed by atoms with E-state index in [1.165, 1.54) is 0 Å². The van der Waals surface area contributed by atoms with Crippen LogP contribution in [-0.4, -0.2) is 30.1 Å². The lowest BCUT2D eigenvalue weighted by Gasteiger charge is -2.27. The largest absolute Gasteiger partial charge is 0.497 e. The Morgan fingerprint density at radius 3 is 2.33 bits per heavy atom. The topological polar surface area (TPSA) is 75.6 Å². The zero-order chi connectivity index (χ0) is 17.5. The van der Waals surface area contributed by atoms with E-state index in [4.69, 9.17) is 9.84 Å². The van der Waals surface area contributed by atoms with Crippen LogP contribution in [0.4, 0.5) is 0 Å². The molecular formula is C19H27NO4. The molecule has 1 unspecified atom stereocenters. The molecule has 2 N–H and O–H groups in total. The number of aliphatic carboxylic acids is 1. The molecule has 1 saturated carbocycles. The van der Waals surface area contributed by atoms with E-state index in [1.54, 1.807) is 7.11 Å². The fourth-order valence-corrected chi connectivity index (χ4v) is 3.37. The van der Waals surface area contributed by atoms with Gasteiger partial charge in [-0.3, -0.25) is 9.59 Å². The van der Waals surface area contributed by atoms with E-state index < -0.39 is 5.97 Å². The van der Waals surface area contributed by atoms with Crippen LogP contribution >= 0.6 is 0 Å². The highest BCUT2D eigenvalue weighted by Gasteiger charge is 2.27. The average Bonchev–Trinajstić information content (AvgIpc) is 2.60. The van der Waals surface area contributed by atoms with Gasteiger partial charge in [0.2, 0.25) is 5.91 Å². The summed E-state index contributed by atoms with van der Waals surface area (Å²) in [5.74, 6) is 0.0853. The van der Waals surface area contributed by atoms with Crippen LogP contribution in [0, 0.1) is 5.92 Å². The SMILES string of the molecule is CCC(CC(=O)NC1CCC(C(=O)O)CC1)c1ccc(OC)cc1. The molecule has 5 nitrogen and oxygen atoms in total. The van der Waals surface area contributed by atoms with Gasteiger partial charge in [-0.25, -0.2) is 0 Å². The van der Waals surface area contributed by atoms with Gasteiger partial charge in [0.15, 0.2) is 0 Å². The molecule has 1 atom stereocenters. The summed E-state index contributed by atoms with van der Waals surface area (Å²) in [7, 11) is 1.64. The van der Waals surface area contributed by atoms with E-state index in [0.717, 1.165) is 30.6 Å². The minimum Gasteiger partial charge on any atom is -0.497 e. The molecule has 0 spiro atoms. The third-order valence-corrected chi connectivity index (χ3v) is 4.95. The second-order valence-electron chi connectivity index (χ2n) is 6.54. The molecule has 1 fully saturated rings. The van der Waals surface area contributed by atoms with Gasteiger partial charge in [0.05, 0.1) is 13.0 Å². The lowest BCUT2D eigenvalue weighted by Crippen LogP contribution is -2.39. The van der Waals surface area contributed by atoms with E-state index in [2.05, 4.69) is 12.2 Å². The number of nitrogens with one attached hydrogen (secondary N) is 1. The van der Waals surface area contributed by atoms with Crippen molar-refractivity contribution >= 4 is 11.9 Å². The number of hydrogen-bond donors (Lipinski definition) is 2. The Bertz CT molecular complexity index is 547. The number of carbonyl (C=O) groups excluding carboxylic acids is 1. The number of methoxy groups -OCH3 is 1. The molecule has 1 aliphatic carbocycles. The van der Waals surface area contributed by atoms with Gasteiger partial charge in [-0.05, 0) is 55.7 Å². The van der Waals surface area contributed by atoms with Gasteiger partial charge in [-0.1, -0.05) is 19.1 Å². The fraction of sp³-hybridized carbons (Fsp3) is 0.579. The summed E-state index contributed by atoms with van der Waals surface area (Å²) in [5.41, 5.74) is 1.14. The van der Waals surface area contributed by atoms with Crippen molar-refractivity contribution in [3.8, 4) is 5.75 Å². The van der Waals surface area contributed by atoms with Gasteiger partial charge >= 0.3 is 5.97 Å². The van der Waals surface area contributed by atoms with Gasteiger partial charge in [0.25, 0.3) is 0 Å². The van der Waals surface area contributed by atoms with Crippen molar-refractivity contribution in [2.45, 2.75) is 57.4 Å². The van der Waals surface area contributed by atoms with Gasteiger partial charge in [-0.2, -0.15) is 0 Å². The lowest BCUT2D eigenvalue weighted by molar-refractivity contribution is -0.142. The molecule has 0 heterocycles. The Labute approximate surface area is 143 Å². The van der Waals surface area contributed by atoms with Crippen LogP contribution in [0.3, 0.4) is 0 Å². The summed E-state index contributed by atoms with van der Waals surface area (Å²) < 4.78 is 5.17. The zero-order valence-electron chi connectivity index (χ0n) is 14.5. The third kappa shape index (κ3) is 4.98. The number of carboxylic acids is 1. The maximum Gasteiger partial charge on any atom is 0.306 e. The molecule has 24 heavy (non-hydrogen) atoms. The monoisotopic (exact) mass is 333 g/mol. The Hall–Kier alpha value is -2.04. The van der Waals surface area contributed by atoms with Crippen LogP contribution in [0.2, 0.25) is 0 Å². The third-order valence-electron chi connectivity index (χ3n) is 4.95. The second-order valence-corrected chi connectivity index (χ2v) is 6.54. The maximum atomic E-state index is 12.3. The summed E-state index contributed by atoms with van der Waals surface area (Å²) in [6.07, 6.45) is 4.16. The summed E-state index contributed by atoms with van der Waals surface area (Å²) in [6.45, 7) is 2.08. The number of rotatable bonds is 7. The van der Waals surface area contributed by atoms with Gasteiger partial charge in [0, 0.05) is 12.5 Å². The van der Waals surface area contributed by atoms with Crippen LogP contribution in [0.1, 0.15) is 56.9 Å². The van der Waals surface area contributed by atoms with Crippen molar-refractivity contribution < 1.29 is 19.4 Å². The van der Waals surface area contributed by atoms with Crippen LogP contribution in [0.15, 0.2) is 24.3 Å². The van der Waals surface area contributed by atoms with E-state index >= 15 is 0 Å². The number of amides is 1. The van der Waals surface area contributed by atoms with Gasteiger partial charge in [0.1, 0.15) is 5.75 Å². The minimum atomic E-state index is -0.717. The standard InChI is InChI=1S/C19H27NO4/c1-3-13(14-6-10-17(24-2)11-7-14)12-18(21)20-16-8-4-15(5-9-16)19(22)23/h6-7,10-11,13,15-16H,3-5,8-9,12H2,1-2H3,(H,20,21)(H,22,23). The Morgan fingerprint density at radius 2 is 1.83 bits per heavy atom. The Balaban J connectivity index is 1.84. The molecule has 1 aromatic rings. The lowest BCUT2D eigenvalue weighted by atomic mass is 9.86. The van der Waals surface area contributed by atoms with E-state index in [1.807, 2.05) is 24.3 Å². The molecule has 132 valence electrons. The molecule has 2 rings (SSSR count). The van der Waals surface area contributed by atoms with Gasteiger partial charge in [-0.15, -0.1) is 0 Å². The van der Waals surface area contributed by atoms with Crippen molar-refractivity contribution in [3.63, 3.8) is 0 Å². The highest BCUT2D eigenvalue weighted by Crippen LogP contribution is 2.27. The van der Waals surface area contributed by atoms with Crippen LogP contribution < -0.4 is 10.1 Å². The first-order chi connectivity index (χ1) is 11.5. The van der Waals surface area contributed by atoms with Crippen LogP contribution in [0.5, 0.6) is 5.75 Å². The van der Waals surface area contributed by atoms with Crippen molar-refractivity contribution in [2.24, 2.45) is 5.92 Å². The molecule has 0 radical (unpaired) electrons. The number of benzene rings is 1. The smallest absolute Gasteiger partial charge is 0.306 e. The summed E-state index contributed by atoms with van der Waals surface area (Å²) in [5, 5.41) is 12.1. The van der Waals surface area contributed by atoms with E-state index in [0.29, 0.717) is 19.3 Å². The number of carboxylic acid groups (broad SMARTS) is 1. The van der Waals surface area contributed by atoms with Crippen molar-refractivity contribution in [2.75, 3.05) is 7.11 Å². The molecule has 1 amide bonds. The molecule has 0 saturated heterocycles. The molecule has 1 aromatic carbocycles. The quantitative estimate of drug-likeness (QED) is 0.802. The first kappa shape index (κ1) is 18.3. The average molecular weight is 333 g/mol. The number of ether oxygens (including phenoxy) is 1. The minimum absolute atomic E-state index is 0.0523. The molecule has 0 aliphatic heterocycles. The number of carbonyl (C=O) groups is 2. The highest BCUT2D eigenvalue weighted by atomic mass is 16.5. The predicted octanol–water partition coefficient (Wildman–Crippen LogP) is 3.34. The Morgan fingerprint density at radius 1 is 1.21 bits per heavy atom. The highest BCUT2D eigenvalue weighted by molar-refractivity contribution is 5.77. The van der Waals surface area contributed by atoms with E-state index in [-0.39, 0.29) is 23.8 Å². The van der Waals surface area contributed by atoms with Crippen LogP contribution in [0.25, 0.3) is 0 Å². The van der Waals surface area contributed by atoms with Crippen LogP contribution in [-0.2, 0) is 9.59 Å². The first-order valence-electron chi connectivity index (χ1n) is 8.69.